The number of hydrogen-bond acceptors (Lipinski definition) is 5. The van der Waals surface area contributed by atoms with Gasteiger partial charge in [0.15, 0.2) is 0 Å². The van der Waals surface area contributed by atoms with Crippen LogP contribution in [-0.2, 0) is 12.8 Å². The fraction of sp³-hybridized carbons (Fsp3) is 0.312. The third kappa shape index (κ3) is 3.05. The summed E-state index contributed by atoms with van der Waals surface area (Å²) in [6.45, 7) is 0. The number of nitrogens with one attached hydrogen (secondary N) is 1. The van der Waals surface area contributed by atoms with Gasteiger partial charge in [-0.25, -0.2) is 0 Å². The SMILES string of the molecule is COc1ccc(NC(=O)c2csc3c2CCCC3)c([N+](=O)[O-])c1. The maximum absolute atomic E-state index is 12.5. The number of nitrogens with zero attached hydrogens (tertiary/aromatic N) is 1. The molecule has 0 unspecified atom stereocenters. The molecule has 23 heavy (non-hydrogen) atoms. The van der Waals surface area contributed by atoms with E-state index in [1.165, 1.54) is 24.1 Å². The number of hydrogen-bond donors (Lipinski definition) is 1. The minimum Gasteiger partial charge on any atom is -0.496 e. The van der Waals surface area contributed by atoms with Gasteiger partial charge >= 0.3 is 0 Å². The highest BCUT2D eigenvalue weighted by atomic mass is 32.1. The van der Waals surface area contributed by atoms with Crippen LogP contribution in [0.1, 0.15) is 33.6 Å². The molecule has 7 heteroatoms. The maximum atomic E-state index is 12.5. The fourth-order valence-electron chi connectivity index (χ4n) is 2.77. The molecule has 0 radical (unpaired) electrons. The Morgan fingerprint density at radius 2 is 2.13 bits per heavy atom. The first-order chi connectivity index (χ1) is 11.1. The van der Waals surface area contributed by atoms with E-state index in [1.54, 1.807) is 17.4 Å². The van der Waals surface area contributed by atoms with Crippen LogP contribution in [0.25, 0.3) is 0 Å². The molecule has 1 aromatic carbocycles. The number of aryl methyl sites for hydroxylation is 1. The van der Waals surface area contributed by atoms with Gasteiger partial charge in [-0.3, -0.25) is 14.9 Å². The molecule has 2 aromatic rings. The molecule has 1 aliphatic rings. The molecular weight excluding hydrogens is 316 g/mol. The standard InChI is InChI=1S/C16H16N2O4S/c1-22-10-6-7-13(14(8-10)18(20)21)17-16(19)12-9-23-15-5-3-2-4-11(12)15/h6-9H,2-5H2,1H3,(H,17,19). The molecule has 120 valence electrons. The summed E-state index contributed by atoms with van der Waals surface area (Å²) in [5.41, 5.74) is 1.73. The topological polar surface area (TPSA) is 81.5 Å². The van der Waals surface area contributed by atoms with E-state index in [0.29, 0.717) is 11.3 Å². The van der Waals surface area contributed by atoms with Crippen LogP contribution in [0.5, 0.6) is 5.75 Å². The Morgan fingerprint density at radius 3 is 2.87 bits per heavy atom. The van der Waals surface area contributed by atoms with Gasteiger partial charge in [-0.1, -0.05) is 0 Å². The minimum absolute atomic E-state index is 0.177. The number of nitro groups is 1. The summed E-state index contributed by atoms with van der Waals surface area (Å²) in [7, 11) is 1.44. The van der Waals surface area contributed by atoms with Gasteiger partial charge in [0.1, 0.15) is 11.4 Å². The lowest BCUT2D eigenvalue weighted by atomic mass is 9.95. The van der Waals surface area contributed by atoms with E-state index in [1.807, 2.05) is 5.38 Å². The predicted molar refractivity (Wildman–Crippen MR) is 88.6 cm³/mol. The van der Waals surface area contributed by atoms with Crippen LogP contribution in [0.3, 0.4) is 0 Å². The predicted octanol–water partition coefficient (Wildman–Crippen LogP) is 3.80. The van der Waals surface area contributed by atoms with Gasteiger partial charge in [-0.2, -0.15) is 0 Å². The van der Waals surface area contributed by atoms with Gasteiger partial charge in [0.2, 0.25) is 0 Å². The summed E-state index contributed by atoms with van der Waals surface area (Å²) in [5.74, 6) is 0.0836. The Morgan fingerprint density at radius 1 is 1.35 bits per heavy atom. The van der Waals surface area contributed by atoms with Crippen LogP contribution in [0, 0.1) is 10.1 Å². The van der Waals surface area contributed by atoms with Gasteiger partial charge in [0.05, 0.1) is 23.7 Å². The van der Waals surface area contributed by atoms with Crippen molar-refractivity contribution in [2.45, 2.75) is 25.7 Å². The molecule has 6 nitrogen and oxygen atoms in total. The van der Waals surface area contributed by atoms with E-state index in [2.05, 4.69) is 5.32 Å². The number of thiophene rings is 1. The highest BCUT2D eigenvalue weighted by Crippen LogP contribution is 2.33. The molecular formula is C16H16N2O4S. The Kier molecular flexibility index (Phi) is 4.29. The van der Waals surface area contributed by atoms with Crippen molar-refractivity contribution in [1.82, 2.24) is 0 Å². The monoisotopic (exact) mass is 332 g/mol. The van der Waals surface area contributed by atoms with Crippen LogP contribution in [-0.4, -0.2) is 17.9 Å². The molecule has 1 heterocycles. The molecule has 0 fully saturated rings. The Hall–Kier alpha value is -2.41. The van der Waals surface area contributed by atoms with E-state index >= 15 is 0 Å². The molecule has 0 aliphatic heterocycles. The van der Waals surface area contributed by atoms with E-state index in [4.69, 9.17) is 4.74 Å². The third-order valence-corrected chi connectivity index (χ3v) is 5.04. The Bertz CT molecular complexity index is 769. The lowest BCUT2D eigenvalue weighted by molar-refractivity contribution is -0.384. The zero-order valence-electron chi connectivity index (χ0n) is 12.6. The average Bonchev–Trinajstić information content (AvgIpc) is 2.99. The molecule has 1 amide bonds. The highest BCUT2D eigenvalue weighted by Gasteiger charge is 2.23. The fourth-order valence-corrected chi connectivity index (χ4v) is 3.90. The lowest BCUT2D eigenvalue weighted by Crippen LogP contribution is -2.15. The first kappa shape index (κ1) is 15.5. The second kappa shape index (κ2) is 6.37. The zero-order chi connectivity index (χ0) is 16.4. The smallest absolute Gasteiger partial charge is 0.296 e. The third-order valence-electron chi connectivity index (χ3n) is 3.96. The number of carbonyl (C=O) groups excluding carboxylic acids is 1. The van der Waals surface area contributed by atoms with Crippen molar-refractivity contribution in [3.05, 3.63) is 49.7 Å². The van der Waals surface area contributed by atoms with E-state index < -0.39 is 4.92 Å². The van der Waals surface area contributed by atoms with Crippen LogP contribution in [0.4, 0.5) is 11.4 Å². The molecule has 0 bridgehead atoms. The number of benzene rings is 1. The number of methoxy groups -OCH3 is 1. The summed E-state index contributed by atoms with van der Waals surface area (Å²) < 4.78 is 5.00. The molecule has 3 rings (SSSR count). The number of ether oxygens (including phenoxy) is 1. The van der Waals surface area contributed by atoms with Gasteiger partial charge in [-0.05, 0) is 43.4 Å². The number of carbonyl (C=O) groups is 1. The van der Waals surface area contributed by atoms with E-state index in [9.17, 15) is 14.9 Å². The molecule has 0 atom stereocenters. The summed E-state index contributed by atoms with van der Waals surface area (Å²) in [4.78, 5) is 24.4. The second-order valence-electron chi connectivity index (χ2n) is 5.35. The molecule has 1 N–H and O–H groups in total. The first-order valence-electron chi connectivity index (χ1n) is 7.33. The van der Waals surface area contributed by atoms with Crippen molar-refractivity contribution in [3.8, 4) is 5.75 Å². The molecule has 1 aromatic heterocycles. The van der Waals surface area contributed by atoms with Gasteiger partial charge < -0.3 is 10.1 Å². The lowest BCUT2D eigenvalue weighted by Gasteiger charge is -2.13. The number of rotatable bonds is 4. The van der Waals surface area contributed by atoms with Crippen molar-refractivity contribution in [1.29, 1.82) is 0 Å². The number of anilines is 1. The van der Waals surface area contributed by atoms with Crippen molar-refractivity contribution < 1.29 is 14.5 Å². The summed E-state index contributed by atoms with van der Waals surface area (Å²) >= 11 is 1.59. The second-order valence-corrected chi connectivity index (χ2v) is 6.32. The molecule has 0 saturated carbocycles. The normalized spacial score (nSPS) is 13.3. The number of amides is 1. The maximum Gasteiger partial charge on any atom is 0.296 e. The largest absolute Gasteiger partial charge is 0.496 e. The van der Waals surface area contributed by atoms with E-state index in [-0.39, 0.29) is 17.3 Å². The summed E-state index contributed by atoms with van der Waals surface area (Å²) in [6, 6.07) is 4.39. The van der Waals surface area contributed by atoms with Crippen LogP contribution < -0.4 is 10.1 Å². The zero-order valence-corrected chi connectivity index (χ0v) is 13.4. The summed E-state index contributed by atoms with van der Waals surface area (Å²) in [5, 5.41) is 15.7. The summed E-state index contributed by atoms with van der Waals surface area (Å²) in [6.07, 6.45) is 4.13. The van der Waals surface area contributed by atoms with Crippen LogP contribution >= 0.6 is 11.3 Å². The molecule has 1 aliphatic carbocycles. The van der Waals surface area contributed by atoms with Gasteiger partial charge in [0, 0.05) is 10.3 Å². The van der Waals surface area contributed by atoms with Crippen molar-refractivity contribution in [3.63, 3.8) is 0 Å². The van der Waals surface area contributed by atoms with Gasteiger partial charge in [-0.15, -0.1) is 11.3 Å². The first-order valence-corrected chi connectivity index (χ1v) is 8.21. The Labute approximate surface area is 137 Å². The number of fused-ring (bicyclic) bond motifs is 1. The number of nitro benzene ring substituents is 1. The van der Waals surface area contributed by atoms with Crippen molar-refractivity contribution in [2.24, 2.45) is 0 Å². The van der Waals surface area contributed by atoms with Crippen molar-refractivity contribution >= 4 is 28.6 Å². The van der Waals surface area contributed by atoms with Crippen LogP contribution in [0.15, 0.2) is 23.6 Å². The molecule has 0 spiro atoms. The van der Waals surface area contributed by atoms with Crippen LogP contribution in [0.2, 0.25) is 0 Å². The highest BCUT2D eigenvalue weighted by molar-refractivity contribution is 7.10. The van der Waals surface area contributed by atoms with E-state index in [0.717, 1.165) is 31.2 Å². The Balaban J connectivity index is 1.88. The van der Waals surface area contributed by atoms with Crippen molar-refractivity contribution in [2.75, 3.05) is 12.4 Å². The average molecular weight is 332 g/mol. The van der Waals surface area contributed by atoms with Gasteiger partial charge in [0.25, 0.3) is 11.6 Å². The minimum atomic E-state index is -0.527. The quantitative estimate of drug-likeness (QED) is 0.682. The molecule has 0 saturated heterocycles.